The van der Waals surface area contributed by atoms with E-state index >= 15 is 0 Å². The highest BCUT2D eigenvalue weighted by Gasteiger charge is 2.15. The Morgan fingerprint density at radius 2 is 1.87 bits per heavy atom. The summed E-state index contributed by atoms with van der Waals surface area (Å²) in [4.78, 5) is 0. The number of benzene rings is 1. The van der Waals surface area contributed by atoms with Crippen LogP contribution in [0.5, 0.6) is 11.5 Å². The van der Waals surface area contributed by atoms with Gasteiger partial charge in [0.1, 0.15) is 16.5 Å². The molecule has 1 aromatic rings. The van der Waals surface area contributed by atoms with E-state index in [2.05, 4.69) is 6.92 Å². The summed E-state index contributed by atoms with van der Waals surface area (Å²) >= 11 is 6.06. The Labute approximate surface area is 95.1 Å². The van der Waals surface area contributed by atoms with E-state index in [-0.39, 0.29) is 0 Å². The minimum atomic E-state index is 0.460. The van der Waals surface area contributed by atoms with Gasteiger partial charge in [-0.3, -0.25) is 0 Å². The summed E-state index contributed by atoms with van der Waals surface area (Å²) in [5, 5.41) is 0.460. The number of hydrogen-bond acceptors (Lipinski definition) is 3. The van der Waals surface area contributed by atoms with Gasteiger partial charge in [-0.05, 0) is 6.42 Å². The maximum atomic E-state index is 6.06. The maximum Gasteiger partial charge on any atom is 0.143 e. The van der Waals surface area contributed by atoms with Crippen molar-refractivity contribution in [1.29, 1.82) is 0 Å². The summed E-state index contributed by atoms with van der Waals surface area (Å²) in [6.07, 6.45) is 1.84. The van der Waals surface area contributed by atoms with Crippen LogP contribution in [0.25, 0.3) is 0 Å². The molecule has 0 aliphatic carbocycles. The lowest BCUT2D eigenvalue weighted by Gasteiger charge is -2.14. The Balaban J connectivity index is 3.30. The van der Waals surface area contributed by atoms with Crippen molar-refractivity contribution in [1.82, 2.24) is 0 Å². The molecule has 0 atom stereocenters. The van der Waals surface area contributed by atoms with Crippen LogP contribution >= 0.6 is 11.6 Å². The molecule has 0 aliphatic rings. The van der Waals surface area contributed by atoms with Gasteiger partial charge in [-0.25, -0.2) is 0 Å². The maximum absolute atomic E-state index is 6.06. The van der Waals surface area contributed by atoms with Gasteiger partial charge in [0.05, 0.1) is 19.9 Å². The molecular weight excluding hydrogens is 214 g/mol. The second-order valence-corrected chi connectivity index (χ2v) is 3.62. The standard InChI is InChI=1S/C11H16ClNO2/c1-4-5-7-8(14-2)6-9(15-3)10(12)11(7)13/h6H,4-5,13H2,1-3H3. The molecule has 2 N–H and O–H groups in total. The van der Waals surface area contributed by atoms with E-state index in [0.29, 0.717) is 16.5 Å². The van der Waals surface area contributed by atoms with Crippen LogP contribution in [0.1, 0.15) is 18.9 Å². The second-order valence-electron chi connectivity index (χ2n) is 3.24. The van der Waals surface area contributed by atoms with Gasteiger partial charge in [-0.1, -0.05) is 24.9 Å². The molecule has 0 aliphatic heterocycles. The summed E-state index contributed by atoms with van der Waals surface area (Å²) in [7, 11) is 3.17. The number of anilines is 1. The third kappa shape index (κ3) is 2.29. The van der Waals surface area contributed by atoms with Gasteiger partial charge in [0.25, 0.3) is 0 Å². The van der Waals surface area contributed by atoms with Crippen LogP contribution in [0.15, 0.2) is 6.07 Å². The fraction of sp³-hybridized carbons (Fsp3) is 0.455. The minimum Gasteiger partial charge on any atom is -0.496 e. The average molecular weight is 230 g/mol. The fourth-order valence-corrected chi connectivity index (χ4v) is 1.75. The first-order valence-electron chi connectivity index (χ1n) is 4.84. The molecule has 0 saturated heterocycles. The van der Waals surface area contributed by atoms with E-state index in [1.165, 1.54) is 0 Å². The molecule has 0 spiro atoms. The van der Waals surface area contributed by atoms with Crippen LogP contribution in [0.4, 0.5) is 5.69 Å². The summed E-state index contributed by atoms with van der Waals surface area (Å²) in [5.74, 6) is 1.28. The fourth-order valence-electron chi connectivity index (χ4n) is 1.51. The van der Waals surface area contributed by atoms with E-state index in [9.17, 15) is 0 Å². The van der Waals surface area contributed by atoms with Gasteiger partial charge in [0.2, 0.25) is 0 Å². The summed E-state index contributed by atoms with van der Waals surface area (Å²) in [6.45, 7) is 2.08. The molecule has 0 saturated carbocycles. The summed E-state index contributed by atoms with van der Waals surface area (Å²) < 4.78 is 10.4. The van der Waals surface area contributed by atoms with Crippen molar-refractivity contribution in [2.24, 2.45) is 0 Å². The highest BCUT2D eigenvalue weighted by Crippen LogP contribution is 2.39. The molecule has 0 radical (unpaired) electrons. The molecule has 4 heteroatoms. The molecule has 0 bridgehead atoms. The van der Waals surface area contributed by atoms with Gasteiger partial charge in [0, 0.05) is 11.6 Å². The highest BCUT2D eigenvalue weighted by atomic mass is 35.5. The third-order valence-corrected chi connectivity index (χ3v) is 2.67. The van der Waals surface area contributed by atoms with Crippen LogP contribution in [0.3, 0.4) is 0 Å². The van der Waals surface area contributed by atoms with E-state index in [1.54, 1.807) is 20.3 Å². The van der Waals surface area contributed by atoms with Crippen molar-refractivity contribution >= 4 is 17.3 Å². The predicted octanol–water partition coefficient (Wildman–Crippen LogP) is 2.89. The highest BCUT2D eigenvalue weighted by molar-refractivity contribution is 6.34. The molecular formula is C11H16ClNO2. The molecule has 15 heavy (non-hydrogen) atoms. The van der Waals surface area contributed by atoms with Gasteiger partial charge in [-0.2, -0.15) is 0 Å². The number of nitrogen functional groups attached to an aromatic ring is 1. The second kappa shape index (κ2) is 5.12. The molecule has 0 aromatic heterocycles. The Morgan fingerprint density at radius 1 is 1.27 bits per heavy atom. The number of ether oxygens (including phenoxy) is 2. The topological polar surface area (TPSA) is 44.5 Å². The summed E-state index contributed by atoms with van der Waals surface area (Å²) in [6, 6.07) is 1.77. The lowest BCUT2D eigenvalue weighted by atomic mass is 10.1. The molecule has 0 heterocycles. The molecule has 0 unspecified atom stereocenters. The monoisotopic (exact) mass is 229 g/mol. The number of rotatable bonds is 4. The largest absolute Gasteiger partial charge is 0.496 e. The quantitative estimate of drug-likeness (QED) is 0.808. The average Bonchev–Trinajstić information content (AvgIpc) is 2.25. The molecule has 84 valence electrons. The molecule has 3 nitrogen and oxygen atoms in total. The number of hydrogen-bond donors (Lipinski definition) is 1. The number of halogens is 1. The number of nitrogens with two attached hydrogens (primary N) is 1. The minimum absolute atomic E-state index is 0.460. The van der Waals surface area contributed by atoms with Gasteiger partial charge in [0.15, 0.2) is 0 Å². The van der Waals surface area contributed by atoms with E-state index in [1.807, 2.05) is 0 Å². The zero-order valence-electron chi connectivity index (χ0n) is 9.26. The zero-order valence-corrected chi connectivity index (χ0v) is 10.0. The van der Waals surface area contributed by atoms with Crippen molar-refractivity contribution in [3.05, 3.63) is 16.7 Å². The Bertz CT molecular complexity index is 353. The molecule has 0 fully saturated rings. The van der Waals surface area contributed by atoms with E-state index in [0.717, 1.165) is 24.2 Å². The Kier molecular flexibility index (Phi) is 4.09. The number of methoxy groups -OCH3 is 2. The van der Waals surface area contributed by atoms with Crippen LogP contribution in [0.2, 0.25) is 5.02 Å². The van der Waals surface area contributed by atoms with Crippen molar-refractivity contribution in [3.63, 3.8) is 0 Å². The molecule has 1 aromatic carbocycles. The van der Waals surface area contributed by atoms with Crippen LogP contribution < -0.4 is 15.2 Å². The Morgan fingerprint density at radius 3 is 2.33 bits per heavy atom. The first-order valence-corrected chi connectivity index (χ1v) is 5.22. The third-order valence-electron chi connectivity index (χ3n) is 2.28. The van der Waals surface area contributed by atoms with E-state index in [4.69, 9.17) is 26.8 Å². The zero-order chi connectivity index (χ0) is 11.4. The van der Waals surface area contributed by atoms with E-state index < -0.39 is 0 Å². The van der Waals surface area contributed by atoms with Crippen LogP contribution in [-0.4, -0.2) is 14.2 Å². The van der Waals surface area contributed by atoms with Gasteiger partial charge >= 0.3 is 0 Å². The predicted molar refractivity (Wildman–Crippen MR) is 63.0 cm³/mol. The van der Waals surface area contributed by atoms with Crippen molar-refractivity contribution < 1.29 is 9.47 Å². The van der Waals surface area contributed by atoms with Crippen LogP contribution in [0, 0.1) is 0 Å². The first-order chi connectivity index (χ1) is 7.15. The Hall–Kier alpha value is -1.09. The SMILES string of the molecule is CCCc1c(OC)cc(OC)c(Cl)c1N. The lowest BCUT2D eigenvalue weighted by Crippen LogP contribution is -2.01. The smallest absolute Gasteiger partial charge is 0.143 e. The summed E-state index contributed by atoms with van der Waals surface area (Å²) in [5.41, 5.74) is 7.43. The molecule has 1 rings (SSSR count). The van der Waals surface area contributed by atoms with Crippen LogP contribution in [-0.2, 0) is 6.42 Å². The normalized spacial score (nSPS) is 10.1. The van der Waals surface area contributed by atoms with Crippen molar-refractivity contribution in [2.75, 3.05) is 20.0 Å². The molecule has 0 amide bonds. The van der Waals surface area contributed by atoms with Gasteiger partial charge in [-0.15, -0.1) is 0 Å². The first kappa shape index (κ1) is 12.0. The van der Waals surface area contributed by atoms with Gasteiger partial charge < -0.3 is 15.2 Å². The van der Waals surface area contributed by atoms with Crippen molar-refractivity contribution in [3.8, 4) is 11.5 Å². The van der Waals surface area contributed by atoms with Crippen molar-refractivity contribution in [2.45, 2.75) is 19.8 Å². The lowest BCUT2D eigenvalue weighted by molar-refractivity contribution is 0.391.